The van der Waals surface area contributed by atoms with Crippen molar-refractivity contribution in [1.29, 1.82) is 0 Å². The molecule has 1 unspecified atom stereocenters. The number of rotatable bonds is 4. The molecular weight excluding hydrogens is 261 g/mol. The predicted octanol–water partition coefficient (Wildman–Crippen LogP) is 2.81. The van der Waals surface area contributed by atoms with Crippen molar-refractivity contribution >= 4 is 12.4 Å². The van der Waals surface area contributed by atoms with Crippen LogP contribution < -0.4 is 5.32 Å². The molecule has 0 aromatic heterocycles. The zero-order valence-electron chi connectivity index (χ0n) is 12.2. The fourth-order valence-electron chi connectivity index (χ4n) is 1.63. The van der Waals surface area contributed by atoms with Crippen molar-refractivity contribution in [3.63, 3.8) is 0 Å². The van der Waals surface area contributed by atoms with Gasteiger partial charge in [-0.25, -0.2) is 9.18 Å². The van der Waals surface area contributed by atoms with Gasteiger partial charge in [0.05, 0.1) is 5.41 Å². The SMILES string of the molecule is CC(C)(C)OC(=O)NCC(C)(C=O)c1cccc(F)c1. The molecule has 0 saturated heterocycles. The van der Waals surface area contributed by atoms with E-state index in [4.69, 9.17) is 4.74 Å². The van der Waals surface area contributed by atoms with Crippen LogP contribution in [0.15, 0.2) is 24.3 Å². The zero-order chi connectivity index (χ0) is 15.4. The Labute approximate surface area is 118 Å². The quantitative estimate of drug-likeness (QED) is 0.863. The molecule has 5 heteroatoms. The molecule has 1 atom stereocenters. The van der Waals surface area contributed by atoms with Crippen molar-refractivity contribution in [3.05, 3.63) is 35.6 Å². The molecule has 1 N–H and O–H groups in total. The van der Waals surface area contributed by atoms with Gasteiger partial charge in [0.25, 0.3) is 0 Å². The van der Waals surface area contributed by atoms with E-state index in [1.165, 1.54) is 18.2 Å². The van der Waals surface area contributed by atoms with E-state index in [1.54, 1.807) is 33.8 Å². The van der Waals surface area contributed by atoms with Crippen molar-refractivity contribution in [3.8, 4) is 0 Å². The Kier molecular flexibility index (Phi) is 4.87. The Morgan fingerprint density at radius 3 is 2.50 bits per heavy atom. The summed E-state index contributed by atoms with van der Waals surface area (Å²) in [5.74, 6) is -0.423. The molecule has 0 aliphatic carbocycles. The lowest BCUT2D eigenvalue weighted by atomic mass is 9.84. The molecule has 0 aliphatic rings. The normalized spacial score (nSPS) is 14.2. The van der Waals surface area contributed by atoms with Crippen LogP contribution in [0, 0.1) is 5.82 Å². The van der Waals surface area contributed by atoms with E-state index in [0.717, 1.165) is 0 Å². The van der Waals surface area contributed by atoms with E-state index in [1.807, 2.05) is 0 Å². The van der Waals surface area contributed by atoms with Gasteiger partial charge in [0.1, 0.15) is 17.7 Å². The first-order chi connectivity index (χ1) is 9.16. The molecule has 1 aromatic carbocycles. The number of ether oxygens (including phenoxy) is 1. The van der Waals surface area contributed by atoms with Crippen molar-refractivity contribution in [2.75, 3.05) is 6.54 Å². The fourth-order valence-corrected chi connectivity index (χ4v) is 1.63. The van der Waals surface area contributed by atoms with E-state index in [2.05, 4.69) is 5.32 Å². The minimum absolute atomic E-state index is 0.0366. The number of carbonyl (C=O) groups is 2. The third kappa shape index (κ3) is 4.64. The van der Waals surface area contributed by atoms with Gasteiger partial charge in [0, 0.05) is 6.54 Å². The Balaban J connectivity index is 2.76. The molecule has 4 nitrogen and oxygen atoms in total. The highest BCUT2D eigenvalue weighted by Gasteiger charge is 2.28. The van der Waals surface area contributed by atoms with Gasteiger partial charge >= 0.3 is 6.09 Å². The lowest BCUT2D eigenvalue weighted by Crippen LogP contribution is -2.42. The summed E-state index contributed by atoms with van der Waals surface area (Å²) in [7, 11) is 0. The van der Waals surface area contributed by atoms with E-state index in [9.17, 15) is 14.0 Å². The summed E-state index contributed by atoms with van der Waals surface area (Å²) in [6.07, 6.45) is 0.0843. The van der Waals surface area contributed by atoms with Gasteiger partial charge in [-0.3, -0.25) is 0 Å². The summed E-state index contributed by atoms with van der Waals surface area (Å²) >= 11 is 0. The molecule has 0 bridgehead atoms. The minimum Gasteiger partial charge on any atom is -0.444 e. The second-order valence-corrected chi connectivity index (χ2v) is 5.90. The number of amides is 1. The first-order valence-electron chi connectivity index (χ1n) is 6.35. The van der Waals surface area contributed by atoms with Gasteiger partial charge in [-0.1, -0.05) is 12.1 Å². The summed E-state index contributed by atoms with van der Waals surface area (Å²) in [6, 6.07) is 5.76. The Morgan fingerprint density at radius 1 is 1.35 bits per heavy atom. The zero-order valence-corrected chi connectivity index (χ0v) is 12.2. The second-order valence-electron chi connectivity index (χ2n) is 5.90. The smallest absolute Gasteiger partial charge is 0.407 e. The molecule has 1 aromatic rings. The second kappa shape index (κ2) is 6.03. The topological polar surface area (TPSA) is 55.4 Å². The van der Waals surface area contributed by atoms with E-state index in [0.29, 0.717) is 11.8 Å². The van der Waals surface area contributed by atoms with Crippen LogP contribution in [0.25, 0.3) is 0 Å². The average molecular weight is 281 g/mol. The molecule has 0 spiro atoms. The highest BCUT2D eigenvalue weighted by molar-refractivity contribution is 5.72. The third-order valence-corrected chi connectivity index (χ3v) is 2.74. The van der Waals surface area contributed by atoms with Crippen molar-refractivity contribution in [2.24, 2.45) is 0 Å². The van der Waals surface area contributed by atoms with Crippen LogP contribution in [-0.4, -0.2) is 24.5 Å². The maximum absolute atomic E-state index is 13.2. The highest BCUT2D eigenvalue weighted by Crippen LogP contribution is 2.21. The van der Waals surface area contributed by atoms with Gasteiger partial charge in [-0.05, 0) is 45.4 Å². The summed E-state index contributed by atoms with van der Waals surface area (Å²) in [5.41, 5.74) is -1.11. The lowest BCUT2D eigenvalue weighted by molar-refractivity contribution is -0.112. The molecule has 0 heterocycles. The highest BCUT2D eigenvalue weighted by atomic mass is 19.1. The third-order valence-electron chi connectivity index (χ3n) is 2.74. The molecule has 0 fully saturated rings. The van der Waals surface area contributed by atoms with Crippen LogP contribution in [0.5, 0.6) is 0 Å². The Bertz CT molecular complexity index is 496. The molecule has 20 heavy (non-hydrogen) atoms. The number of benzene rings is 1. The minimum atomic E-state index is -1.00. The Morgan fingerprint density at radius 2 is 2.00 bits per heavy atom. The summed E-state index contributed by atoms with van der Waals surface area (Å²) in [5, 5.41) is 2.53. The average Bonchev–Trinajstić information content (AvgIpc) is 2.34. The van der Waals surface area contributed by atoms with Crippen molar-refractivity contribution in [2.45, 2.75) is 38.7 Å². The molecule has 110 valence electrons. The van der Waals surface area contributed by atoms with E-state index < -0.39 is 22.9 Å². The molecule has 0 radical (unpaired) electrons. The van der Waals surface area contributed by atoms with Crippen molar-refractivity contribution < 1.29 is 18.7 Å². The number of alkyl carbamates (subject to hydrolysis) is 1. The summed E-state index contributed by atoms with van der Waals surface area (Å²) in [6.45, 7) is 6.91. The van der Waals surface area contributed by atoms with Gasteiger partial charge in [-0.15, -0.1) is 0 Å². The number of carbonyl (C=O) groups excluding carboxylic acids is 2. The molecular formula is C15H20FNO3. The van der Waals surface area contributed by atoms with Crippen LogP contribution in [-0.2, 0) is 14.9 Å². The first kappa shape index (κ1) is 16.1. The standard InChI is InChI=1S/C15H20FNO3/c1-14(2,3)20-13(19)17-9-15(4,10-18)11-6-5-7-12(16)8-11/h5-8,10H,9H2,1-4H3,(H,17,19). The molecule has 0 aliphatic heterocycles. The van der Waals surface area contributed by atoms with Gasteiger partial charge in [0.2, 0.25) is 0 Å². The van der Waals surface area contributed by atoms with E-state index in [-0.39, 0.29) is 6.54 Å². The first-order valence-corrected chi connectivity index (χ1v) is 6.35. The number of nitrogens with one attached hydrogen (secondary N) is 1. The van der Waals surface area contributed by atoms with Crippen LogP contribution in [0.2, 0.25) is 0 Å². The van der Waals surface area contributed by atoms with Crippen LogP contribution >= 0.6 is 0 Å². The fraction of sp³-hybridized carbons (Fsp3) is 0.467. The molecule has 0 saturated carbocycles. The number of hydrogen-bond donors (Lipinski definition) is 1. The monoisotopic (exact) mass is 281 g/mol. The maximum atomic E-state index is 13.2. The number of aldehydes is 1. The van der Waals surface area contributed by atoms with Gasteiger partial charge in [-0.2, -0.15) is 0 Å². The number of hydrogen-bond acceptors (Lipinski definition) is 3. The maximum Gasteiger partial charge on any atom is 0.407 e. The summed E-state index contributed by atoms with van der Waals surface area (Å²) < 4.78 is 18.3. The molecule has 1 amide bonds. The van der Waals surface area contributed by atoms with Gasteiger partial charge in [0.15, 0.2) is 0 Å². The Hall–Kier alpha value is -1.91. The van der Waals surface area contributed by atoms with Crippen molar-refractivity contribution in [1.82, 2.24) is 5.32 Å². The lowest BCUT2D eigenvalue weighted by Gasteiger charge is -2.26. The van der Waals surface area contributed by atoms with E-state index >= 15 is 0 Å². The largest absolute Gasteiger partial charge is 0.444 e. The molecule has 1 rings (SSSR count). The number of halogens is 1. The van der Waals surface area contributed by atoms with Crippen LogP contribution in [0.1, 0.15) is 33.3 Å². The predicted molar refractivity (Wildman–Crippen MR) is 74.1 cm³/mol. The van der Waals surface area contributed by atoms with Crippen LogP contribution in [0.3, 0.4) is 0 Å². The summed E-state index contributed by atoms with van der Waals surface area (Å²) in [4.78, 5) is 22.9. The van der Waals surface area contributed by atoms with Gasteiger partial charge < -0.3 is 14.8 Å². The van der Waals surface area contributed by atoms with Crippen LogP contribution in [0.4, 0.5) is 9.18 Å².